The van der Waals surface area contributed by atoms with E-state index in [1.165, 1.54) is 56.9 Å². The number of nitrogens with two attached hydrogens (primary N) is 1. The Bertz CT molecular complexity index is 437. The molecule has 3 rings (SSSR count). The molecule has 19 heavy (non-hydrogen) atoms. The number of fused-ring (bicyclic) bond motifs is 1. The zero-order valence-corrected chi connectivity index (χ0v) is 12.2. The van der Waals surface area contributed by atoms with Gasteiger partial charge in [-0.3, -0.25) is 0 Å². The third-order valence-electron chi connectivity index (χ3n) is 5.46. The fourth-order valence-electron chi connectivity index (χ4n) is 4.26. The Morgan fingerprint density at radius 1 is 1.11 bits per heavy atom. The molecular weight excluding hydrogens is 230 g/mol. The third kappa shape index (κ3) is 2.58. The van der Waals surface area contributed by atoms with Gasteiger partial charge in [0.25, 0.3) is 0 Å². The zero-order valence-electron chi connectivity index (χ0n) is 12.2. The molecule has 2 N–H and O–H groups in total. The van der Waals surface area contributed by atoms with Gasteiger partial charge in [0, 0.05) is 6.04 Å². The van der Waals surface area contributed by atoms with Crippen LogP contribution in [-0.2, 0) is 12.8 Å². The van der Waals surface area contributed by atoms with Crippen LogP contribution >= 0.6 is 0 Å². The van der Waals surface area contributed by atoms with Crippen molar-refractivity contribution in [1.82, 2.24) is 0 Å². The molecule has 3 atom stereocenters. The van der Waals surface area contributed by atoms with Crippen molar-refractivity contribution in [1.29, 1.82) is 0 Å². The van der Waals surface area contributed by atoms with Crippen LogP contribution in [0.2, 0.25) is 0 Å². The van der Waals surface area contributed by atoms with Gasteiger partial charge in [0.1, 0.15) is 0 Å². The summed E-state index contributed by atoms with van der Waals surface area (Å²) in [6.45, 7) is 2.33. The lowest BCUT2D eigenvalue weighted by Crippen LogP contribution is -2.30. The predicted octanol–water partition coefficient (Wildman–Crippen LogP) is 4.39. The molecule has 0 saturated heterocycles. The van der Waals surface area contributed by atoms with Crippen LogP contribution in [0.4, 0.5) is 0 Å². The Kier molecular flexibility index (Phi) is 3.93. The van der Waals surface area contributed by atoms with E-state index in [0.717, 1.165) is 5.92 Å². The summed E-state index contributed by atoms with van der Waals surface area (Å²) in [5.74, 6) is 1.55. The molecule has 0 amide bonds. The van der Waals surface area contributed by atoms with E-state index in [0.29, 0.717) is 5.92 Å². The van der Waals surface area contributed by atoms with Gasteiger partial charge < -0.3 is 5.73 Å². The third-order valence-corrected chi connectivity index (χ3v) is 5.46. The molecule has 0 aliphatic heterocycles. The van der Waals surface area contributed by atoms with Crippen LogP contribution in [0.25, 0.3) is 0 Å². The first kappa shape index (κ1) is 13.2. The van der Waals surface area contributed by atoms with E-state index < -0.39 is 0 Å². The first-order valence-corrected chi connectivity index (χ1v) is 8.17. The van der Waals surface area contributed by atoms with Gasteiger partial charge in [-0.25, -0.2) is 0 Å². The molecule has 1 heteroatoms. The lowest BCUT2D eigenvalue weighted by molar-refractivity contribution is 0.196. The number of hydrogen-bond donors (Lipinski definition) is 1. The highest BCUT2D eigenvalue weighted by Gasteiger charge is 2.29. The minimum absolute atomic E-state index is 0.260. The average Bonchev–Trinajstić information content (AvgIpc) is 2.93. The normalized spacial score (nSPS) is 28.1. The summed E-state index contributed by atoms with van der Waals surface area (Å²) in [6.07, 6.45) is 10.7. The highest BCUT2D eigenvalue weighted by molar-refractivity contribution is 5.36. The molecule has 1 fully saturated rings. The van der Waals surface area contributed by atoms with E-state index in [1.54, 1.807) is 11.1 Å². The predicted molar refractivity (Wildman–Crippen MR) is 81.1 cm³/mol. The highest BCUT2D eigenvalue weighted by Crippen LogP contribution is 2.39. The van der Waals surface area contributed by atoms with E-state index in [2.05, 4.69) is 25.1 Å². The summed E-state index contributed by atoms with van der Waals surface area (Å²) >= 11 is 0. The van der Waals surface area contributed by atoms with Crippen LogP contribution < -0.4 is 5.73 Å². The standard InChI is InChI=1S/C18H27N/c1-2-13-6-3-4-9-17(13)18(19)16-11-10-14-7-5-8-15(14)12-16/h10-13,17-18H,2-9,19H2,1H3. The molecule has 0 heterocycles. The second-order valence-corrected chi connectivity index (χ2v) is 6.52. The van der Waals surface area contributed by atoms with Crippen LogP contribution in [-0.4, -0.2) is 0 Å². The van der Waals surface area contributed by atoms with Crippen molar-refractivity contribution in [2.24, 2.45) is 17.6 Å². The Morgan fingerprint density at radius 3 is 2.74 bits per heavy atom. The molecule has 2 aliphatic rings. The molecule has 0 aromatic heterocycles. The topological polar surface area (TPSA) is 26.0 Å². The van der Waals surface area contributed by atoms with Crippen LogP contribution in [0.1, 0.15) is 68.2 Å². The molecule has 0 radical (unpaired) electrons. The highest BCUT2D eigenvalue weighted by atomic mass is 14.7. The molecule has 104 valence electrons. The summed E-state index contributed by atoms with van der Waals surface area (Å²) in [5.41, 5.74) is 11.2. The van der Waals surface area contributed by atoms with Crippen molar-refractivity contribution in [3.8, 4) is 0 Å². The van der Waals surface area contributed by atoms with Gasteiger partial charge in [-0.05, 0) is 54.2 Å². The van der Waals surface area contributed by atoms with Gasteiger partial charge in [-0.2, -0.15) is 0 Å². The van der Waals surface area contributed by atoms with Crippen molar-refractivity contribution in [3.63, 3.8) is 0 Å². The molecular formula is C18H27N. The average molecular weight is 257 g/mol. The molecule has 2 aliphatic carbocycles. The fourth-order valence-corrected chi connectivity index (χ4v) is 4.26. The summed E-state index contributed by atoms with van der Waals surface area (Å²) < 4.78 is 0. The lowest BCUT2D eigenvalue weighted by atomic mass is 9.72. The molecule has 1 saturated carbocycles. The Morgan fingerprint density at radius 2 is 1.89 bits per heavy atom. The molecule has 1 aromatic carbocycles. The van der Waals surface area contributed by atoms with Crippen LogP contribution in [0.15, 0.2) is 18.2 Å². The molecule has 0 spiro atoms. The lowest BCUT2D eigenvalue weighted by Gasteiger charge is -2.35. The first-order chi connectivity index (χ1) is 9.29. The summed E-state index contributed by atoms with van der Waals surface area (Å²) in [7, 11) is 0. The number of hydrogen-bond acceptors (Lipinski definition) is 1. The maximum absolute atomic E-state index is 6.63. The minimum Gasteiger partial charge on any atom is -0.324 e. The molecule has 1 nitrogen and oxygen atoms in total. The smallest absolute Gasteiger partial charge is 0.0326 e. The Balaban J connectivity index is 1.80. The van der Waals surface area contributed by atoms with Gasteiger partial charge in [-0.15, -0.1) is 0 Å². The van der Waals surface area contributed by atoms with E-state index in [9.17, 15) is 0 Å². The zero-order chi connectivity index (χ0) is 13.2. The van der Waals surface area contributed by atoms with Crippen molar-refractivity contribution < 1.29 is 0 Å². The minimum atomic E-state index is 0.260. The van der Waals surface area contributed by atoms with Gasteiger partial charge in [0.2, 0.25) is 0 Å². The van der Waals surface area contributed by atoms with Crippen molar-refractivity contribution in [3.05, 3.63) is 34.9 Å². The van der Waals surface area contributed by atoms with Crippen molar-refractivity contribution in [2.75, 3.05) is 0 Å². The molecule has 0 bridgehead atoms. The quantitative estimate of drug-likeness (QED) is 0.853. The monoisotopic (exact) mass is 257 g/mol. The summed E-state index contributed by atoms with van der Waals surface area (Å²) in [6, 6.07) is 7.31. The van der Waals surface area contributed by atoms with Gasteiger partial charge in [0.05, 0.1) is 0 Å². The van der Waals surface area contributed by atoms with E-state index in [4.69, 9.17) is 5.73 Å². The second-order valence-electron chi connectivity index (χ2n) is 6.52. The Hall–Kier alpha value is -0.820. The van der Waals surface area contributed by atoms with Gasteiger partial charge in [0.15, 0.2) is 0 Å². The van der Waals surface area contributed by atoms with Crippen molar-refractivity contribution >= 4 is 0 Å². The number of rotatable bonds is 3. The van der Waals surface area contributed by atoms with Crippen LogP contribution in [0, 0.1) is 11.8 Å². The summed E-state index contributed by atoms with van der Waals surface area (Å²) in [4.78, 5) is 0. The molecule has 1 aromatic rings. The largest absolute Gasteiger partial charge is 0.324 e. The SMILES string of the molecule is CCC1CCCCC1C(N)c1ccc2c(c1)CCC2. The van der Waals surface area contributed by atoms with Crippen LogP contribution in [0.3, 0.4) is 0 Å². The van der Waals surface area contributed by atoms with Gasteiger partial charge >= 0.3 is 0 Å². The maximum atomic E-state index is 6.63. The fraction of sp³-hybridized carbons (Fsp3) is 0.667. The van der Waals surface area contributed by atoms with Crippen LogP contribution in [0.5, 0.6) is 0 Å². The first-order valence-electron chi connectivity index (χ1n) is 8.17. The second kappa shape index (κ2) is 5.66. The van der Waals surface area contributed by atoms with Gasteiger partial charge in [-0.1, -0.05) is 50.8 Å². The molecule has 3 unspecified atom stereocenters. The van der Waals surface area contributed by atoms with E-state index in [1.807, 2.05) is 0 Å². The Labute approximate surface area is 117 Å². The number of aryl methyl sites for hydroxylation is 2. The maximum Gasteiger partial charge on any atom is 0.0326 e. The van der Waals surface area contributed by atoms with E-state index in [-0.39, 0.29) is 6.04 Å². The summed E-state index contributed by atoms with van der Waals surface area (Å²) in [5, 5.41) is 0. The number of benzene rings is 1. The van der Waals surface area contributed by atoms with E-state index >= 15 is 0 Å². The van der Waals surface area contributed by atoms with Crippen molar-refractivity contribution in [2.45, 2.75) is 64.3 Å².